The third-order valence-corrected chi connectivity index (χ3v) is 2.70. The Morgan fingerprint density at radius 3 is 2.16 bits per heavy atom. The van der Waals surface area contributed by atoms with Gasteiger partial charge >= 0.3 is 5.97 Å². The largest absolute Gasteiger partial charge is 0.479 e. The summed E-state index contributed by atoms with van der Waals surface area (Å²) in [5.74, 6) is -2.46. The maximum Gasteiger partial charge on any atom is 0.337 e. The van der Waals surface area contributed by atoms with E-state index in [2.05, 4.69) is 0 Å². The number of rotatable bonds is 3. The molecule has 0 aliphatic rings. The van der Waals surface area contributed by atoms with E-state index < -0.39 is 23.7 Å². The van der Waals surface area contributed by atoms with Gasteiger partial charge in [-0.15, -0.1) is 0 Å². The Labute approximate surface area is 107 Å². The highest BCUT2D eigenvalue weighted by Gasteiger charge is 2.20. The van der Waals surface area contributed by atoms with Crippen molar-refractivity contribution in [3.8, 4) is 11.1 Å². The summed E-state index contributed by atoms with van der Waals surface area (Å²) in [6, 6.07) is 8.51. The first-order chi connectivity index (χ1) is 8.99. The molecule has 1 atom stereocenters. The summed E-state index contributed by atoms with van der Waals surface area (Å²) in [7, 11) is 0. The smallest absolute Gasteiger partial charge is 0.337 e. The van der Waals surface area contributed by atoms with Gasteiger partial charge in [0.05, 0.1) is 0 Å². The summed E-state index contributed by atoms with van der Waals surface area (Å²) in [5, 5.41) is 18.4. The van der Waals surface area contributed by atoms with Crippen molar-refractivity contribution in [2.75, 3.05) is 0 Å². The number of carboxylic acid groups (broad SMARTS) is 1. The van der Waals surface area contributed by atoms with Crippen LogP contribution in [0.5, 0.6) is 0 Å². The standard InChI is InChI=1S/C14H10F2O3/c15-9-3-1-8(2-4-9)12-7-10(16)5-6-11(12)13(17)14(18)19/h1-7,13,17H,(H,18,19). The first-order valence-corrected chi connectivity index (χ1v) is 5.45. The first kappa shape index (κ1) is 13.2. The molecule has 2 rings (SSSR count). The molecule has 0 heterocycles. The number of hydrogen-bond acceptors (Lipinski definition) is 2. The second-order valence-corrected chi connectivity index (χ2v) is 3.98. The fourth-order valence-electron chi connectivity index (χ4n) is 1.78. The highest BCUT2D eigenvalue weighted by molar-refractivity contribution is 5.79. The number of halogens is 2. The zero-order valence-corrected chi connectivity index (χ0v) is 9.68. The summed E-state index contributed by atoms with van der Waals surface area (Å²) in [5.41, 5.74) is 0.701. The number of aliphatic hydroxyl groups excluding tert-OH is 1. The van der Waals surface area contributed by atoms with Crippen molar-refractivity contribution in [1.29, 1.82) is 0 Å². The van der Waals surface area contributed by atoms with Crippen molar-refractivity contribution in [3.05, 3.63) is 59.7 Å². The zero-order chi connectivity index (χ0) is 14.0. The molecule has 2 aromatic carbocycles. The monoisotopic (exact) mass is 264 g/mol. The second kappa shape index (κ2) is 5.16. The molecule has 0 bridgehead atoms. The lowest BCUT2D eigenvalue weighted by Crippen LogP contribution is -2.11. The topological polar surface area (TPSA) is 57.5 Å². The average molecular weight is 264 g/mol. The van der Waals surface area contributed by atoms with Crippen LogP contribution in [0.4, 0.5) is 8.78 Å². The van der Waals surface area contributed by atoms with Crippen molar-refractivity contribution < 1.29 is 23.8 Å². The fourth-order valence-corrected chi connectivity index (χ4v) is 1.78. The van der Waals surface area contributed by atoms with E-state index in [-0.39, 0.29) is 11.1 Å². The summed E-state index contributed by atoms with van der Waals surface area (Å²) in [6.45, 7) is 0. The van der Waals surface area contributed by atoms with Crippen LogP contribution >= 0.6 is 0 Å². The van der Waals surface area contributed by atoms with Crippen LogP contribution in [-0.2, 0) is 4.79 Å². The number of benzene rings is 2. The van der Waals surface area contributed by atoms with E-state index in [9.17, 15) is 18.7 Å². The predicted molar refractivity (Wildman–Crippen MR) is 64.4 cm³/mol. The minimum atomic E-state index is -1.76. The SMILES string of the molecule is O=C(O)C(O)c1ccc(F)cc1-c1ccc(F)cc1. The lowest BCUT2D eigenvalue weighted by Gasteiger charge is -2.12. The predicted octanol–water partition coefficient (Wildman–Crippen LogP) is 2.75. The third kappa shape index (κ3) is 2.77. The van der Waals surface area contributed by atoms with Gasteiger partial charge in [-0.05, 0) is 41.0 Å². The summed E-state index contributed by atoms with van der Waals surface area (Å²) in [6.07, 6.45) is -1.76. The second-order valence-electron chi connectivity index (χ2n) is 3.98. The van der Waals surface area contributed by atoms with Crippen LogP contribution in [0.2, 0.25) is 0 Å². The molecule has 0 aliphatic heterocycles. The van der Waals surface area contributed by atoms with Crippen molar-refractivity contribution >= 4 is 5.97 Å². The number of carboxylic acids is 1. The Morgan fingerprint density at radius 2 is 1.58 bits per heavy atom. The van der Waals surface area contributed by atoms with Crippen LogP contribution in [0.25, 0.3) is 11.1 Å². The van der Waals surface area contributed by atoms with Gasteiger partial charge in [0.1, 0.15) is 11.6 Å². The van der Waals surface area contributed by atoms with Crippen molar-refractivity contribution in [1.82, 2.24) is 0 Å². The minimum absolute atomic E-state index is 0.0560. The molecule has 0 spiro atoms. The van der Waals surface area contributed by atoms with Crippen LogP contribution in [-0.4, -0.2) is 16.2 Å². The number of carbonyl (C=O) groups is 1. The highest BCUT2D eigenvalue weighted by atomic mass is 19.1. The first-order valence-electron chi connectivity index (χ1n) is 5.45. The highest BCUT2D eigenvalue weighted by Crippen LogP contribution is 2.29. The Hall–Kier alpha value is -2.27. The van der Waals surface area contributed by atoms with Crippen LogP contribution in [0.1, 0.15) is 11.7 Å². The van der Waals surface area contributed by atoms with Gasteiger partial charge in [-0.1, -0.05) is 18.2 Å². The number of hydrogen-bond donors (Lipinski definition) is 2. The molecule has 0 saturated carbocycles. The van der Waals surface area contributed by atoms with Crippen LogP contribution in [0.3, 0.4) is 0 Å². The molecule has 0 fully saturated rings. The summed E-state index contributed by atoms with van der Waals surface area (Å²) < 4.78 is 26.1. The van der Waals surface area contributed by atoms with Gasteiger partial charge in [0.25, 0.3) is 0 Å². The van der Waals surface area contributed by atoms with E-state index in [1.165, 1.54) is 30.3 Å². The zero-order valence-electron chi connectivity index (χ0n) is 9.68. The lowest BCUT2D eigenvalue weighted by molar-refractivity contribution is -0.146. The van der Waals surface area contributed by atoms with Gasteiger partial charge in [-0.3, -0.25) is 0 Å². The van der Waals surface area contributed by atoms with Gasteiger partial charge < -0.3 is 10.2 Å². The molecule has 0 aromatic heterocycles. The Balaban J connectivity index is 2.57. The average Bonchev–Trinajstić information content (AvgIpc) is 2.38. The minimum Gasteiger partial charge on any atom is -0.479 e. The molecule has 0 amide bonds. The maximum atomic E-state index is 13.3. The molecular formula is C14H10F2O3. The Kier molecular flexibility index (Phi) is 3.57. The van der Waals surface area contributed by atoms with Gasteiger partial charge in [0, 0.05) is 0 Å². The van der Waals surface area contributed by atoms with Crippen molar-refractivity contribution in [3.63, 3.8) is 0 Å². The van der Waals surface area contributed by atoms with E-state index in [0.29, 0.717) is 5.56 Å². The molecule has 5 heteroatoms. The molecule has 0 radical (unpaired) electrons. The summed E-state index contributed by atoms with van der Waals surface area (Å²) in [4.78, 5) is 10.8. The molecule has 1 unspecified atom stereocenters. The normalized spacial score (nSPS) is 12.2. The quantitative estimate of drug-likeness (QED) is 0.896. The van der Waals surface area contributed by atoms with Gasteiger partial charge in [-0.2, -0.15) is 0 Å². The van der Waals surface area contributed by atoms with E-state index >= 15 is 0 Å². The molecule has 19 heavy (non-hydrogen) atoms. The molecule has 2 aromatic rings. The maximum absolute atomic E-state index is 13.3. The molecule has 0 saturated heterocycles. The van der Waals surface area contributed by atoms with E-state index in [1.807, 2.05) is 0 Å². The van der Waals surface area contributed by atoms with Crippen molar-refractivity contribution in [2.45, 2.75) is 6.10 Å². The van der Waals surface area contributed by atoms with Crippen LogP contribution < -0.4 is 0 Å². The van der Waals surface area contributed by atoms with Gasteiger partial charge in [-0.25, -0.2) is 13.6 Å². The van der Waals surface area contributed by atoms with Crippen LogP contribution in [0, 0.1) is 11.6 Å². The number of aliphatic hydroxyl groups is 1. The number of aliphatic carboxylic acids is 1. The molecule has 98 valence electrons. The third-order valence-electron chi connectivity index (χ3n) is 2.70. The molecule has 2 N–H and O–H groups in total. The molecule has 0 aliphatic carbocycles. The van der Waals surface area contributed by atoms with E-state index in [4.69, 9.17) is 5.11 Å². The Morgan fingerprint density at radius 1 is 1.00 bits per heavy atom. The van der Waals surface area contributed by atoms with E-state index in [1.54, 1.807) is 0 Å². The van der Waals surface area contributed by atoms with Crippen molar-refractivity contribution in [2.24, 2.45) is 0 Å². The molecular weight excluding hydrogens is 254 g/mol. The molecule has 3 nitrogen and oxygen atoms in total. The Bertz CT molecular complexity index is 609. The fraction of sp³-hybridized carbons (Fsp3) is 0.0714. The van der Waals surface area contributed by atoms with Gasteiger partial charge in [0.2, 0.25) is 0 Å². The summed E-state index contributed by atoms with van der Waals surface area (Å²) >= 11 is 0. The van der Waals surface area contributed by atoms with E-state index in [0.717, 1.165) is 12.1 Å². The van der Waals surface area contributed by atoms with Crippen LogP contribution in [0.15, 0.2) is 42.5 Å². The lowest BCUT2D eigenvalue weighted by atomic mass is 9.96. The van der Waals surface area contributed by atoms with Gasteiger partial charge in [0.15, 0.2) is 6.10 Å².